The van der Waals surface area contributed by atoms with Gasteiger partial charge in [-0.15, -0.1) is 15.5 Å². The molecule has 2 aliphatic heterocycles. The van der Waals surface area contributed by atoms with E-state index in [9.17, 15) is 57.9 Å². The first-order valence-electron chi connectivity index (χ1n) is 48.2. The number of ketones is 2. The fourth-order valence-electron chi connectivity index (χ4n) is 13.6. The van der Waals surface area contributed by atoms with Crippen molar-refractivity contribution in [1.29, 1.82) is 0 Å². The number of carbonyl (C=O) groups is 2. The third-order valence-corrected chi connectivity index (χ3v) is 27.6. The molecule has 1 N–H and O–H groups in total. The van der Waals surface area contributed by atoms with Crippen molar-refractivity contribution in [2.24, 2.45) is 7.05 Å². The number of fused-ring (bicyclic) bond motifs is 7. The van der Waals surface area contributed by atoms with Gasteiger partial charge in [-0.2, -0.15) is 0 Å². The Hall–Kier alpha value is -12.3. The number of aromatic amines is 1. The monoisotopic (exact) mass is 2120 g/mol. The number of anilines is 1. The zero-order valence-electron chi connectivity index (χ0n) is 86.7. The van der Waals surface area contributed by atoms with Crippen LogP contribution in [0.4, 0.5) is 30.0 Å². The molecule has 0 aliphatic carbocycles. The molecule has 0 radical (unpaired) electrons. The number of ether oxygens (including phenoxy) is 1. The van der Waals surface area contributed by atoms with Crippen LogP contribution < -0.4 is 37.4 Å². The van der Waals surface area contributed by atoms with Crippen LogP contribution in [-0.2, 0) is 37.5 Å². The minimum atomic E-state index is -8.35. The molecule has 27 heteroatoms. The molecule has 0 amide bonds. The van der Waals surface area contributed by atoms with Gasteiger partial charge in [-0.3, -0.25) is 33.9 Å². The van der Waals surface area contributed by atoms with Gasteiger partial charge < -0.3 is 14.2 Å². The van der Waals surface area contributed by atoms with Gasteiger partial charge in [0.25, 0.3) is 22.2 Å². The normalized spacial score (nSPS) is 11.0. The van der Waals surface area contributed by atoms with E-state index in [0.29, 0.717) is 69.0 Å². The van der Waals surface area contributed by atoms with Crippen molar-refractivity contribution in [3.63, 3.8) is 0 Å². The summed E-state index contributed by atoms with van der Waals surface area (Å²) in [6, 6.07) is 81.8. The van der Waals surface area contributed by atoms with Crippen LogP contribution in [0, 0.1) is 25.5 Å². The van der Waals surface area contributed by atoms with Crippen LogP contribution in [0.1, 0.15) is 202 Å². The maximum absolute atomic E-state index is 13.5. The van der Waals surface area contributed by atoms with Gasteiger partial charge in [0.2, 0.25) is 0 Å². The van der Waals surface area contributed by atoms with Gasteiger partial charge in [0.15, 0.2) is 15.6 Å². The van der Waals surface area contributed by atoms with Crippen LogP contribution >= 0.6 is 56.3 Å². The maximum atomic E-state index is 13.5. The number of nitrogens with zero attached hydrogens (tertiary/aromatic N) is 6. The number of benzene rings is 12. The average Bonchev–Trinajstić information content (AvgIpc) is 1.56. The Morgan fingerprint density at radius 1 is 0.483 bits per heavy atom. The summed E-state index contributed by atoms with van der Waals surface area (Å²) in [7, 11) is -2.79. The fourth-order valence-corrected chi connectivity index (χ4v) is 19.8. The summed E-state index contributed by atoms with van der Waals surface area (Å²) >= 11 is 10.3. The molecule has 19 rings (SSSR count). The second-order valence-electron chi connectivity index (χ2n) is 29.5. The number of carbonyl (C=O) groups excluding carboxylic acids is 2. The van der Waals surface area contributed by atoms with Crippen LogP contribution in [0.3, 0.4) is 0 Å². The van der Waals surface area contributed by atoms with Gasteiger partial charge in [0.1, 0.15) is 23.2 Å². The van der Waals surface area contributed by atoms with E-state index in [1.54, 1.807) is 60.0 Å². The van der Waals surface area contributed by atoms with Crippen LogP contribution in [0.25, 0.3) is 74.7 Å². The molecule has 7 heterocycles. The molecule has 0 bridgehead atoms. The van der Waals surface area contributed by atoms with Crippen molar-refractivity contribution in [2.75, 3.05) is 31.9 Å². The second kappa shape index (κ2) is 60.4. The van der Waals surface area contributed by atoms with E-state index in [4.69, 9.17) is 16.3 Å². The summed E-state index contributed by atoms with van der Waals surface area (Å²) in [6.45, 7) is 46.4. The van der Waals surface area contributed by atoms with Crippen LogP contribution in [0.15, 0.2) is 318 Å². The van der Waals surface area contributed by atoms with Crippen LogP contribution in [0.2, 0.25) is 5.02 Å². The van der Waals surface area contributed by atoms with Crippen molar-refractivity contribution < 1.29 is 38.6 Å². The van der Waals surface area contributed by atoms with Crippen molar-refractivity contribution >= 4 is 129 Å². The fraction of sp³-hybridized carbons (Fsp3) is 0.284. The quantitative estimate of drug-likeness (QED) is 0.0705. The minimum absolute atomic E-state index is 0. The SMILES string of the molecule is C.CC.CC.CC.CC.CC.CC.CC.CC.CC.CC.CC(=O)c1ccc2c(c1)Cc1ccccc1S2.CN(C)c1cccc(-c2c3c(=O)n(-c4ccccc4Cl)[nH]c3cc(=O)n2C)c1.CS(F)(F)(F)(F)c1cccc(-n2sc3ccc(F)cc3c2=O)c1.Cc1ccc(CC(=O)Cc2ccc(C)cc2)cc1.O=c1c2cc(F)ccc2sn1-c1ccc2c(c1)OCC2.O=c1c2ccccc2[se]n1-c1ccccc1. The molecule has 0 atom stereocenters. The third kappa shape index (κ3) is 34.2. The number of para-hydroxylation sites is 2. The van der Waals surface area contributed by atoms with E-state index >= 15 is 0 Å². The molecule has 5 aromatic heterocycles. The molecule has 768 valence electrons. The first kappa shape index (κ1) is 125. The summed E-state index contributed by atoms with van der Waals surface area (Å²) < 4.78 is 95.8. The Labute approximate surface area is 864 Å². The van der Waals surface area contributed by atoms with Crippen molar-refractivity contribution in [2.45, 2.75) is 207 Å². The Kier molecular flexibility index (Phi) is 52.7. The summed E-state index contributed by atoms with van der Waals surface area (Å²) in [5.74, 6) is 0.222. The molecular formula is C116H142ClF6N7O8S4Se. The van der Waals surface area contributed by atoms with E-state index in [2.05, 4.69) is 73.5 Å². The van der Waals surface area contributed by atoms with Crippen LogP contribution in [0.5, 0.6) is 5.75 Å². The van der Waals surface area contributed by atoms with Crippen molar-refractivity contribution in [1.82, 2.24) is 25.8 Å². The number of aryl methyl sites for hydroxylation is 2. The number of halogens is 7. The predicted molar refractivity (Wildman–Crippen MR) is 605 cm³/mol. The molecule has 2 aliphatic rings. The van der Waals surface area contributed by atoms with Crippen molar-refractivity contribution in [3.05, 3.63) is 392 Å². The molecule has 12 aromatic carbocycles. The topological polar surface area (TPSA) is 172 Å². The summed E-state index contributed by atoms with van der Waals surface area (Å²) in [4.78, 5) is 89.1. The average molecular weight is 2120 g/mol. The summed E-state index contributed by atoms with van der Waals surface area (Å²) in [5.41, 5.74) is 13.0. The number of nitrogens with one attached hydrogen (secondary N) is 1. The first-order valence-corrected chi connectivity index (χ1v) is 55.1. The van der Waals surface area contributed by atoms with Gasteiger partial charge in [-0.05, 0) is 158 Å². The molecule has 15 nitrogen and oxygen atoms in total. The van der Waals surface area contributed by atoms with Crippen LogP contribution in [-0.4, -0.2) is 79.1 Å². The molecule has 0 fully saturated rings. The number of H-pyrrole nitrogens is 1. The Morgan fingerprint density at radius 3 is 1.51 bits per heavy atom. The first-order chi connectivity index (χ1) is 68.2. The standard InChI is InChI=1S/C21H19ClN4O2.C17H18O.C15H10FNO2S.C15H12OS.C14H10F5NOS2.C13H9NOSe.10C2H6.CH4/c1-24(2)14-8-6-7-13(11-14)20-19-16(12-18(27)25(20)3)23-26(21(19)28)17-10-5-4-9-15(17)22;1-13-3-7-15(8-4-13)11-17(18)12-16-9-5-14(2)6-10-16;16-10-2-4-14-12(7-10)15(18)17(20-14)11-3-1-9-5-6-19-13(9)8-11;1-10(16)11-6-7-15-13(8-11)9-12-4-2-3-5-14(12)17-15;1-23(16,17,18,19)11-4-2-3-10(8-11)20-14(21)12-7-9(15)5-6-13(12)22-20;15-13-11-8-4-5-9-12(11)16-14(13)10-6-2-1-3-7-10;10*1-2;/h4-12,23H,1-3H3;3-10H,11-12H2,1-2H3;1-4,7-8H,5-6H2;2-8H,9H2,1H3;2-8H,1H3;1-9H;10*1-2H3;1H4. The van der Waals surface area contributed by atoms with Gasteiger partial charge in [-0.1, -0.05) is 313 Å². The predicted octanol–water partition coefficient (Wildman–Crippen LogP) is 32.7. The van der Waals surface area contributed by atoms with E-state index < -0.39 is 31.9 Å². The zero-order chi connectivity index (χ0) is 107. The molecule has 143 heavy (non-hydrogen) atoms. The number of pyridine rings is 1. The molecule has 0 spiro atoms. The zero-order valence-corrected chi connectivity index (χ0v) is 92.5. The summed E-state index contributed by atoms with van der Waals surface area (Å²) in [6.07, 6.45) is 2.51. The Morgan fingerprint density at radius 2 is 0.979 bits per heavy atom. The van der Waals surface area contributed by atoms with E-state index in [1.165, 1.54) is 87.4 Å². The van der Waals surface area contributed by atoms with E-state index in [0.717, 1.165) is 107 Å². The Bertz CT molecular complexity index is 7140. The number of hydrogen-bond acceptors (Lipinski definition) is 12. The third-order valence-electron chi connectivity index (χ3n) is 20.0. The number of hydrogen-bond donors (Lipinski definition) is 1. The van der Waals surface area contributed by atoms with E-state index in [-0.39, 0.29) is 73.3 Å². The van der Waals surface area contributed by atoms with E-state index in [1.807, 2.05) is 294 Å². The molecule has 0 unspecified atom stereocenters. The number of Topliss-reactive ketones (excluding diaryl/α,β-unsaturated/α-hetero) is 2. The Balaban J connectivity index is 0.000000428. The van der Waals surface area contributed by atoms with Gasteiger partial charge in [0, 0.05) is 79.1 Å². The number of rotatable bonds is 12. The molecule has 0 saturated heterocycles. The molecule has 17 aromatic rings. The van der Waals surface area contributed by atoms with Gasteiger partial charge >= 0.3 is 98.6 Å². The second-order valence-corrected chi connectivity index (χ2v) is 38.5. The summed E-state index contributed by atoms with van der Waals surface area (Å²) in [5, 5.41) is 5.24. The number of aromatic nitrogens is 6. The van der Waals surface area contributed by atoms with Gasteiger partial charge in [-0.25, -0.2) is 21.4 Å². The van der Waals surface area contributed by atoms with Gasteiger partial charge in [0.05, 0.1) is 76.6 Å². The van der Waals surface area contributed by atoms with Crippen molar-refractivity contribution in [3.8, 4) is 39.8 Å². The molecule has 0 saturated carbocycles. The molecular weight excluding hydrogens is 1980 g/mol.